The third-order valence-electron chi connectivity index (χ3n) is 6.97. The molecule has 0 saturated heterocycles. The number of carbonyl (C=O) groups excluding carboxylic acids is 1. The second-order valence-electron chi connectivity index (χ2n) is 9.20. The molecule has 6 heteroatoms. The molecule has 35 heavy (non-hydrogen) atoms. The largest absolute Gasteiger partial charge is 0.457 e. The molecule has 0 atom stereocenters. The van der Waals surface area contributed by atoms with E-state index in [4.69, 9.17) is 9.72 Å². The summed E-state index contributed by atoms with van der Waals surface area (Å²) in [5.41, 5.74) is 2.86. The number of amides is 1. The lowest BCUT2D eigenvalue weighted by atomic mass is 9.86. The van der Waals surface area contributed by atoms with Crippen LogP contribution in [-0.2, 0) is 4.79 Å². The summed E-state index contributed by atoms with van der Waals surface area (Å²) in [5.74, 6) is 2.14. The molecular weight excluding hydrogens is 458 g/mol. The molecule has 1 aliphatic heterocycles. The fourth-order valence-corrected chi connectivity index (χ4v) is 5.21. The van der Waals surface area contributed by atoms with Gasteiger partial charge in [-0.3, -0.25) is 4.79 Å². The SMILES string of the molecule is Cl.O=C(NC1CCC(Nc2ccc3ccccc3n2)CC1)C1c2ccccc2Oc2ccccc21. The first-order chi connectivity index (χ1) is 16.7. The van der Waals surface area contributed by atoms with Gasteiger partial charge in [-0.2, -0.15) is 0 Å². The summed E-state index contributed by atoms with van der Waals surface area (Å²) in [6, 6.07) is 28.6. The monoisotopic (exact) mass is 485 g/mol. The summed E-state index contributed by atoms with van der Waals surface area (Å²) < 4.78 is 6.05. The summed E-state index contributed by atoms with van der Waals surface area (Å²) in [5, 5.41) is 8.09. The predicted molar refractivity (Wildman–Crippen MR) is 142 cm³/mol. The van der Waals surface area contributed by atoms with E-state index in [9.17, 15) is 4.79 Å². The van der Waals surface area contributed by atoms with E-state index in [0.29, 0.717) is 6.04 Å². The maximum atomic E-state index is 13.5. The van der Waals surface area contributed by atoms with Gasteiger partial charge in [0.25, 0.3) is 0 Å². The average Bonchev–Trinajstić information content (AvgIpc) is 2.88. The van der Waals surface area contributed by atoms with Gasteiger partial charge in [0.1, 0.15) is 17.3 Å². The summed E-state index contributed by atoms with van der Waals surface area (Å²) >= 11 is 0. The lowest BCUT2D eigenvalue weighted by Gasteiger charge is -2.32. The van der Waals surface area contributed by atoms with Crippen LogP contribution in [0.5, 0.6) is 11.5 Å². The predicted octanol–water partition coefficient (Wildman–Crippen LogP) is 6.43. The molecule has 2 N–H and O–H groups in total. The van der Waals surface area contributed by atoms with Crippen LogP contribution in [0.2, 0.25) is 0 Å². The number of ether oxygens (including phenoxy) is 1. The molecule has 4 aromatic rings. The molecule has 1 aromatic heterocycles. The summed E-state index contributed by atoms with van der Waals surface area (Å²) in [7, 11) is 0. The fraction of sp³-hybridized carbons (Fsp3) is 0.241. The maximum absolute atomic E-state index is 13.5. The van der Waals surface area contributed by atoms with Crippen molar-refractivity contribution in [1.82, 2.24) is 10.3 Å². The molecule has 0 unspecified atom stereocenters. The Bertz CT molecular complexity index is 1310. The molecule has 0 spiro atoms. The van der Waals surface area contributed by atoms with E-state index in [-0.39, 0.29) is 30.3 Å². The Hall–Kier alpha value is -3.57. The first-order valence-corrected chi connectivity index (χ1v) is 12.0. The van der Waals surface area contributed by atoms with Crippen molar-refractivity contribution in [1.29, 1.82) is 0 Å². The van der Waals surface area contributed by atoms with Crippen molar-refractivity contribution >= 4 is 35.0 Å². The van der Waals surface area contributed by atoms with E-state index >= 15 is 0 Å². The van der Waals surface area contributed by atoms with E-state index in [1.165, 1.54) is 0 Å². The first kappa shape index (κ1) is 23.2. The lowest BCUT2D eigenvalue weighted by molar-refractivity contribution is -0.122. The van der Waals surface area contributed by atoms with Crippen LogP contribution in [0.25, 0.3) is 10.9 Å². The van der Waals surface area contributed by atoms with Crippen molar-refractivity contribution in [2.45, 2.75) is 43.7 Å². The van der Waals surface area contributed by atoms with Crippen LogP contribution in [0, 0.1) is 0 Å². The van der Waals surface area contributed by atoms with Crippen LogP contribution in [0.4, 0.5) is 5.82 Å². The van der Waals surface area contributed by atoms with Crippen LogP contribution in [0.3, 0.4) is 0 Å². The lowest BCUT2D eigenvalue weighted by Crippen LogP contribution is -2.42. The summed E-state index contributed by atoms with van der Waals surface area (Å²) in [6.07, 6.45) is 3.90. The number of rotatable bonds is 4. The van der Waals surface area contributed by atoms with Crippen molar-refractivity contribution in [3.8, 4) is 11.5 Å². The molecular formula is C29H28ClN3O2. The van der Waals surface area contributed by atoms with Gasteiger partial charge in [-0.1, -0.05) is 54.6 Å². The van der Waals surface area contributed by atoms with Crippen LogP contribution >= 0.6 is 12.4 Å². The standard InChI is InChI=1S/C29H27N3O2.ClH/c33-29(28-22-8-2-5-11-25(22)34-26-12-6-3-9-23(26)28)31-21-16-14-20(15-17-21)30-27-18-13-19-7-1-4-10-24(19)32-27;/h1-13,18,20-21,28H,14-17H2,(H,30,32)(H,31,33);1H. The minimum Gasteiger partial charge on any atom is -0.457 e. The number of halogens is 1. The zero-order valence-electron chi connectivity index (χ0n) is 19.3. The number of aromatic nitrogens is 1. The molecule has 1 aliphatic carbocycles. The molecule has 3 aromatic carbocycles. The highest BCUT2D eigenvalue weighted by molar-refractivity contribution is 5.90. The van der Waals surface area contributed by atoms with Crippen molar-refractivity contribution < 1.29 is 9.53 Å². The molecule has 1 amide bonds. The second-order valence-corrected chi connectivity index (χ2v) is 9.20. The number of nitrogens with one attached hydrogen (secondary N) is 2. The third kappa shape index (κ3) is 4.69. The zero-order valence-corrected chi connectivity index (χ0v) is 20.1. The third-order valence-corrected chi connectivity index (χ3v) is 6.97. The number of hydrogen-bond acceptors (Lipinski definition) is 4. The Morgan fingerprint density at radius 3 is 2.06 bits per heavy atom. The Morgan fingerprint density at radius 1 is 0.743 bits per heavy atom. The normalized spacial score (nSPS) is 19.0. The van der Waals surface area contributed by atoms with E-state index in [1.54, 1.807) is 0 Å². The maximum Gasteiger partial charge on any atom is 0.232 e. The minimum absolute atomic E-state index is 0. The van der Waals surface area contributed by atoms with E-state index in [0.717, 1.165) is 65.0 Å². The van der Waals surface area contributed by atoms with Crippen LogP contribution in [0.15, 0.2) is 84.9 Å². The number of benzene rings is 3. The molecule has 1 fully saturated rings. The van der Waals surface area contributed by atoms with Gasteiger partial charge in [0.15, 0.2) is 0 Å². The number of pyridine rings is 1. The number of anilines is 1. The highest BCUT2D eigenvalue weighted by Crippen LogP contribution is 2.44. The van der Waals surface area contributed by atoms with Crippen LogP contribution < -0.4 is 15.4 Å². The van der Waals surface area contributed by atoms with E-state index < -0.39 is 0 Å². The van der Waals surface area contributed by atoms with Gasteiger partial charge in [0.05, 0.1) is 11.4 Å². The van der Waals surface area contributed by atoms with Gasteiger partial charge in [0, 0.05) is 28.6 Å². The number of fused-ring (bicyclic) bond motifs is 3. The van der Waals surface area contributed by atoms with Crippen molar-refractivity contribution in [3.05, 3.63) is 96.1 Å². The smallest absolute Gasteiger partial charge is 0.232 e. The fourth-order valence-electron chi connectivity index (χ4n) is 5.21. The number of nitrogens with zero attached hydrogens (tertiary/aromatic N) is 1. The molecule has 178 valence electrons. The van der Waals surface area contributed by atoms with E-state index in [1.807, 2.05) is 66.7 Å². The van der Waals surface area contributed by atoms with Gasteiger partial charge in [-0.15, -0.1) is 12.4 Å². The second kappa shape index (κ2) is 9.96. The van der Waals surface area contributed by atoms with Crippen molar-refractivity contribution in [2.75, 3.05) is 5.32 Å². The Labute approximate surface area is 211 Å². The van der Waals surface area contributed by atoms with Crippen LogP contribution in [0.1, 0.15) is 42.7 Å². The first-order valence-electron chi connectivity index (χ1n) is 12.0. The summed E-state index contributed by atoms with van der Waals surface area (Å²) in [4.78, 5) is 18.2. The average molecular weight is 486 g/mol. The van der Waals surface area contributed by atoms with Gasteiger partial charge >= 0.3 is 0 Å². The molecule has 6 rings (SSSR count). The van der Waals surface area contributed by atoms with Crippen LogP contribution in [-0.4, -0.2) is 23.0 Å². The van der Waals surface area contributed by atoms with E-state index in [2.05, 4.69) is 28.8 Å². The highest BCUT2D eigenvalue weighted by Gasteiger charge is 2.34. The summed E-state index contributed by atoms with van der Waals surface area (Å²) in [6.45, 7) is 0. The molecule has 5 nitrogen and oxygen atoms in total. The Balaban J connectivity index is 0.00000253. The van der Waals surface area contributed by atoms with Gasteiger partial charge in [0.2, 0.25) is 5.91 Å². The Morgan fingerprint density at radius 2 is 1.34 bits per heavy atom. The molecule has 2 aliphatic rings. The molecule has 2 heterocycles. The number of hydrogen-bond donors (Lipinski definition) is 2. The quantitative estimate of drug-likeness (QED) is 0.349. The molecule has 1 saturated carbocycles. The van der Waals surface area contributed by atoms with Gasteiger partial charge in [-0.05, 0) is 56.0 Å². The topological polar surface area (TPSA) is 63.2 Å². The van der Waals surface area contributed by atoms with Gasteiger partial charge < -0.3 is 15.4 Å². The van der Waals surface area contributed by atoms with Gasteiger partial charge in [-0.25, -0.2) is 4.98 Å². The molecule has 0 bridgehead atoms. The minimum atomic E-state index is -0.348. The Kier molecular flexibility index (Phi) is 6.60. The van der Waals surface area contributed by atoms with Crippen molar-refractivity contribution in [3.63, 3.8) is 0 Å². The number of carbonyl (C=O) groups is 1. The zero-order chi connectivity index (χ0) is 22.9. The highest BCUT2D eigenvalue weighted by atomic mass is 35.5. The number of para-hydroxylation sites is 3. The van der Waals surface area contributed by atoms with Crippen molar-refractivity contribution in [2.24, 2.45) is 0 Å². The molecule has 0 radical (unpaired) electrons.